The number of rotatable bonds is 4. The molecule has 1 aliphatic carbocycles. The molecule has 1 aliphatic rings. The molecule has 27 heavy (non-hydrogen) atoms. The molecule has 1 aromatic carbocycles. The Hall–Kier alpha value is -3.36. The Labute approximate surface area is 154 Å². The van der Waals surface area contributed by atoms with E-state index in [1.165, 1.54) is 6.42 Å². The van der Waals surface area contributed by atoms with E-state index in [1.54, 1.807) is 24.3 Å². The highest BCUT2D eigenvalue weighted by molar-refractivity contribution is 5.90. The molecule has 2 aromatic rings. The monoisotopic (exact) mass is 372 g/mol. The van der Waals surface area contributed by atoms with E-state index in [-0.39, 0.29) is 17.9 Å². The van der Waals surface area contributed by atoms with Gasteiger partial charge in [-0.2, -0.15) is 0 Å². The number of hydrogen-bond donors (Lipinski definition) is 5. The summed E-state index contributed by atoms with van der Waals surface area (Å²) in [6.45, 7) is 0. The molecule has 1 aromatic heterocycles. The van der Waals surface area contributed by atoms with Crippen LogP contribution >= 0.6 is 0 Å². The molecule has 142 valence electrons. The number of benzene rings is 1. The summed E-state index contributed by atoms with van der Waals surface area (Å²) < 4.78 is 0. The number of carbonyl (C=O) groups excluding carboxylic acids is 1. The second-order valence-corrected chi connectivity index (χ2v) is 6.43. The van der Waals surface area contributed by atoms with Gasteiger partial charge in [0.05, 0.1) is 0 Å². The lowest BCUT2D eigenvalue weighted by molar-refractivity contribution is 0.0686. The lowest BCUT2D eigenvalue weighted by Crippen LogP contribution is -2.39. The molecule has 5 N–H and O–H groups in total. The third-order valence-electron chi connectivity index (χ3n) is 4.43. The van der Waals surface area contributed by atoms with Gasteiger partial charge < -0.3 is 25.8 Å². The number of aromatic hydroxyl groups is 1. The van der Waals surface area contributed by atoms with E-state index < -0.39 is 23.0 Å². The van der Waals surface area contributed by atoms with Crippen molar-refractivity contribution >= 4 is 17.7 Å². The fourth-order valence-electron chi connectivity index (χ4n) is 3.10. The fraction of sp³-hybridized carbons (Fsp3) is 0.333. The average molecular weight is 372 g/mol. The molecular formula is C18H20N4O5. The minimum absolute atomic E-state index is 0.0217. The number of aromatic carboxylic acids is 1. The largest absolute Gasteiger partial charge is 0.501 e. The van der Waals surface area contributed by atoms with E-state index in [0.29, 0.717) is 11.3 Å². The van der Waals surface area contributed by atoms with Gasteiger partial charge in [-0.1, -0.05) is 31.4 Å². The van der Waals surface area contributed by atoms with Gasteiger partial charge in [-0.05, 0) is 25.0 Å². The highest BCUT2D eigenvalue weighted by atomic mass is 16.4. The Balaban J connectivity index is 1.78. The molecule has 0 bridgehead atoms. The minimum Gasteiger partial charge on any atom is -0.501 e. The van der Waals surface area contributed by atoms with E-state index in [1.807, 2.05) is 0 Å². The number of carbonyl (C=O) groups is 2. The number of nitrogens with zero attached hydrogens (tertiary/aromatic N) is 1. The maximum absolute atomic E-state index is 12.2. The second kappa shape index (κ2) is 7.90. The maximum atomic E-state index is 12.2. The third-order valence-corrected chi connectivity index (χ3v) is 4.43. The standard InChI is InChI=1S/C18H20N4O5/c23-14-13(17(25)26)21-15(22-16(14)24)10-5-4-8-12(9-10)20-18(27)19-11-6-2-1-3-7-11/h4-5,8-9,11,23H,1-3,6-7H2,(H,25,26)(H2,19,20,27)(H,21,22,24). The topological polar surface area (TPSA) is 144 Å². The molecule has 3 rings (SSSR count). The summed E-state index contributed by atoms with van der Waals surface area (Å²) >= 11 is 0. The highest BCUT2D eigenvalue weighted by Crippen LogP contribution is 2.21. The van der Waals surface area contributed by atoms with Gasteiger partial charge in [0.15, 0.2) is 5.69 Å². The van der Waals surface area contributed by atoms with Gasteiger partial charge >= 0.3 is 12.0 Å². The summed E-state index contributed by atoms with van der Waals surface area (Å²) in [5.41, 5.74) is -0.827. The molecule has 9 heteroatoms. The predicted octanol–water partition coefficient (Wildman–Crippen LogP) is 2.29. The van der Waals surface area contributed by atoms with Crippen molar-refractivity contribution in [2.75, 3.05) is 5.32 Å². The molecule has 1 saturated carbocycles. The van der Waals surface area contributed by atoms with Crippen molar-refractivity contribution < 1.29 is 19.8 Å². The first-order valence-corrected chi connectivity index (χ1v) is 8.68. The summed E-state index contributed by atoms with van der Waals surface area (Å²) in [5.74, 6) is -2.49. The van der Waals surface area contributed by atoms with Crippen molar-refractivity contribution in [1.82, 2.24) is 15.3 Å². The van der Waals surface area contributed by atoms with E-state index >= 15 is 0 Å². The van der Waals surface area contributed by atoms with Crippen molar-refractivity contribution in [1.29, 1.82) is 0 Å². The number of urea groups is 1. The quantitative estimate of drug-likeness (QED) is 0.557. The number of carboxylic acid groups (broad SMARTS) is 1. The Morgan fingerprint density at radius 1 is 1.19 bits per heavy atom. The van der Waals surface area contributed by atoms with E-state index in [0.717, 1.165) is 25.7 Å². The Morgan fingerprint density at radius 3 is 2.63 bits per heavy atom. The van der Waals surface area contributed by atoms with Crippen LogP contribution in [-0.2, 0) is 0 Å². The second-order valence-electron chi connectivity index (χ2n) is 6.43. The van der Waals surface area contributed by atoms with Crippen LogP contribution in [0.5, 0.6) is 5.75 Å². The molecule has 0 aliphatic heterocycles. The van der Waals surface area contributed by atoms with Crippen molar-refractivity contribution in [3.05, 3.63) is 40.3 Å². The molecule has 0 atom stereocenters. The molecule has 0 unspecified atom stereocenters. The van der Waals surface area contributed by atoms with Crippen LogP contribution < -0.4 is 16.2 Å². The van der Waals surface area contributed by atoms with E-state index in [9.17, 15) is 19.5 Å². The number of H-pyrrole nitrogens is 1. The van der Waals surface area contributed by atoms with Crippen LogP contribution in [0.25, 0.3) is 11.4 Å². The first-order valence-electron chi connectivity index (χ1n) is 8.68. The highest BCUT2D eigenvalue weighted by Gasteiger charge is 2.18. The smallest absolute Gasteiger partial charge is 0.358 e. The number of aromatic nitrogens is 2. The van der Waals surface area contributed by atoms with Crippen LogP contribution in [-0.4, -0.2) is 38.2 Å². The summed E-state index contributed by atoms with van der Waals surface area (Å²) in [4.78, 5) is 41.1. The van der Waals surface area contributed by atoms with Crippen LogP contribution in [0.4, 0.5) is 10.5 Å². The molecule has 9 nitrogen and oxygen atoms in total. The molecule has 0 radical (unpaired) electrons. The normalized spacial score (nSPS) is 14.5. The summed E-state index contributed by atoms with van der Waals surface area (Å²) in [6.07, 6.45) is 5.32. The molecular weight excluding hydrogens is 352 g/mol. The van der Waals surface area contributed by atoms with Gasteiger partial charge in [0.25, 0.3) is 5.56 Å². The number of anilines is 1. The van der Waals surface area contributed by atoms with Crippen molar-refractivity contribution in [3.63, 3.8) is 0 Å². The molecule has 1 fully saturated rings. The number of nitrogens with one attached hydrogen (secondary N) is 3. The number of amides is 2. The van der Waals surface area contributed by atoms with Gasteiger partial charge in [-0.25, -0.2) is 14.6 Å². The number of aromatic amines is 1. The Kier molecular flexibility index (Phi) is 5.39. The van der Waals surface area contributed by atoms with Gasteiger partial charge in [-0.3, -0.25) is 4.79 Å². The first-order chi connectivity index (χ1) is 12.9. The zero-order valence-corrected chi connectivity index (χ0v) is 14.5. The number of hydrogen-bond acceptors (Lipinski definition) is 5. The van der Waals surface area contributed by atoms with Crippen LogP contribution in [0, 0.1) is 0 Å². The van der Waals surface area contributed by atoms with Gasteiger partial charge in [0, 0.05) is 17.3 Å². The Morgan fingerprint density at radius 2 is 1.93 bits per heavy atom. The lowest BCUT2D eigenvalue weighted by Gasteiger charge is -2.22. The van der Waals surface area contributed by atoms with Gasteiger partial charge in [0.2, 0.25) is 5.75 Å². The van der Waals surface area contributed by atoms with Crippen LogP contribution in [0.3, 0.4) is 0 Å². The summed E-state index contributed by atoms with van der Waals surface area (Å²) in [7, 11) is 0. The maximum Gasteiger partial charge on any atom is 0.358 e. The van der Waals surface area contributed by atoms with Crippen LogP contribution in [0.2, 0.25) is 0 Å². The molecule has 2 amide bonds. The number of carboxylic acids is 1. The van der Waals surface area contributed by atoms with Crippen LogP contribution in [0.15, 0.2) is 29.1 Å². The van der Waals surface area contributed by atoms with Gasteiger partial charge in [0.1, 0.15) is 5.82 Å². The average Bonchev–Trinajstić information content (AvgIpc) is 2.64. The molecule has 0 saturated heterocycles. The first kappa shape index (κ1) is 18.4. The zero-order valence-electron chi connectivity index (χ0n) is 14.5. The fourth-order valence-corrected chi connectivity index (χ4v) is 3.10. The third kappa shape index (κ3) is 4.43. The lowest BCUT2D eigenvalue weighted by atomic mass is 9.96. The minimum atomic E-state index is -1.51. The molecule has 0 spiro atoms. The van der Waals surface area contributed by atoms with Crippen molar-refractivity contribution in [3.8, 4) is 17.1 Å². The van der Waals surface area contributed by atoms with Crippen molar-refractivity contribution in [2.45, 2.75) is 38.1 Å². The van der Waals surface area contributed by atoms with E-state index in [2.05, 4.69) is 20.6 Å². The van der Waals surface area contributed by atoms with Crippen LogP contribution in [0.1, 0.15) is 42.6 Å². The Bertz CT molecular complexity index is 918. The predicted molar refractivity (Wildman–Crippen MR) is 97.9 cm³/mol. The van der Waals surface area contributed by atoms with Gasteiger partial charge in [-0.15, -0.1) is 0 Å². The summed E-state index contributed by atoms with van der Waals surface area (Å²) in [5, 5.41) is 24.2. The SMILES string of the molecule is O=C(Nc1cccc(-c2nc(C(=O)O)c(O)c(=O)[nH]2)c1)NC1CCCCC1. The van der Waals surface area contributed by atoms with Crippen molar-refractivity contribution in [2.24, 2.45) is 0 Å². The summed E-state index contributed by atoms with van der Waals surface area (Å²) in [6, 6.07) is 6.30. The van der Waals surface area contributed by atoms with E-state index in [4.69, 9.17) is 5.11 Å². The molecule has 1 heterocycles. The zero-order chi connectivity index (χ0) is 19.4.